The summed E-state index contributed by atoms with van der Waals surface area (Å²) in [6, 6.07) is 23.2. The molecular weight excluding hydrogens is 393 g/mol. The van der Waals surface area contributed by atoms with Crippen LogP contribution in [0.1, 0.15) is 15.9 Å². The monoisotopic (exact) mass is 412 g/mol. The predicted molar refractivity (Wildman–Crippen MR) is 109 cm³/mol. The molecule has 154 valence electrons. The van der Waals surface area contributed by atoms with Crippen LogP contribution in [0.5, 0.6) is 0 Å². The van der Waals surface area contributed by atoms with Crippen molar-refractivity contribution in [2.75, 3.05) is 11.9 Å². The van der Waals surface area contributed by atoms with Crippen molar-refractivity contribution in [1.82, 2.24) is 5.32 Å². The number of nitrogens with one attached hydrogen (secondary N) is 2. The fraction of sp³-hybridized carbons (Fsp3) is 0.130. The average Bonchev–Trinajstić information content (AvgIpc) is 2.73. The van der Waals surface area contributed by atoms with Crippen molar-refractivity contribution in [2.24, 2.45) is 0 Å². The first-order chi connectivity index (χ1) is 14.3. The number of rotatable bonds is 6. The minimum absolute atomic E-state index is 0.0775. The normalized spacial score (nSPS) is 11.0. The standard InChI is InChI=1S/C23H19F3N2O2/c24-23(25,26)15-27-22(30)19-10-12-20(13-11-19)28-21(29)14-16-6-8-18(9-7-16)17-4-2-1-3-5-17/h1-13H,14-15H2,(H,27,30)(H,28,29). The molecule has 2 amide bonds. The highest BCUT2D eigenvalue weighted by molar-refractivity contribution is 5.96. The van der Waals surface area contributed by atoms with Crippen LogP contribution in [0.15, 0.2) is 78.9 Å². The first kappa shape index (κ1) is 21.1. The second-order valence-corrected chi connectivity index (χ2v) is 6.66. The molecule has 0 fully saturated rings. The molecule has 0 saturated carbocycles. The van der Waals surface area contributed by atoms with Gasteiger partial charge in [-0.2, -0.15) is 13.2 Å². The second-order valence-electron chi connectivity index (χ2n) is 6.66. The van der Waals surface area contributed by atoms with E-state index in [2.05, 4.69) is 5.32 Å². The van der Waals surface area contributed by atoms with Crippen LogP contribution in [-0.4, -0.2) is 24.5 Å². The van der Waals surface area contributed by atoms with Crippen molar-refractivity contribution in [3.05, 3.63) is 90.0 Å². The van der Waals surface area contributed by atoms with Gasteiger partial charge in [0.05, 0.1) is 6.42 Å². The quantitative estimate of drug-likeness (QED) is 0.610. The molecule has 0 aliphatic rings. The minimum Gasteiger partial charge on any atom is -0.343 e. The van der Waals surface area contributed by atoms with Crippen LogP contribution in [0.2, 0.25) is 0 Å². The van der Waals surface area contributed by atoms with Crippen LogP contribution in [0.4, 0.5) is 18.9 Å². The number of carbonyl (C=O) groups is 2. The Morgan fingerprint density at radius 2 is 1.37 bits per heavy atom. The Hall–Kier alpha value is -3.61. The summed E-state index contributed by atoms with van der Waals surface area (Å²) in [5.74, 6) is -1.07. The number of alkyl halides is 3. The molecule has 4 nitrogen and oxygen atoms in total. The van der Waals surface area contributed by atoms with Gasteiger partial charge < -0.3 is 10.6 Å². The van der Waals surface area contributed by atoms with Crippen molar-refractivity contribution in [2.45, 2.75) is 12.6 Å². The smallest absolute Gasteiger partial charge is 0.343 e. The van der Waals surface area contributed by atoms with Crippen molar-refractivity contribution in [1.29, 1.82) is 0 Å². The average molecular weight is 412 g/mol. The molecule has 0 atom stereocenters. The van der Waals surface area contributed by atoms with Gasteiger partial charge in [-0.3, -0.25) is 9.59 Å². The predicted octanol–water partition coefficient (Wildman–Crippen LogP) is 4.83. The van der Waals surface area contributed by atoms with E-state index in [0.29, 0.717) is 5.69 Å². The van der Waals surface area contributed by atoms with E-state index < -0.39 is 18.6 Å². The lowest BCUT2D eigenvalue weighted by atomic mass is 10.0. The van der Waals surface area contributed by atoms with E-state index in [1.165, 1.54) is 24.3 Å². The van der Waals surface area contributed by atoms with Crippen LogP contribution in [-0.2, 0) is 11.2 Å². The third kappa shape index (κ3) is 6.20. The molecule has 0 heterocycles. The Morgan fingerprint density at radius 3 is 1.97 bits per heavy atom. The van der Waals surface area contributed by atoms with Crippen LogP contribution in [0.25, 0.3) is 11.1 Å². The third-order valence-electron chi connectivity index (χ3n) is 4.31. The highest BCUT2D eigenvalue weighted by Gasteiger charge is 2.27. The molecule has 7 heteroatoms. The van der Waals surface area contributed by atoms with E-state index in [0.717, 1.165) is 16.7 Å². The van der Waals surface area contributed by atoms with Crippen LogP contribution < -0.4 is 10.6 Å². The van der Waals surface area contributed by atoms with E-state index in [4.69, 9.17) is 0 Å². The maximum Gasteiger partial charge on any atom is 0.405 e. The Balaban J connectivity index is 1.54. The first-order valence-electron chi connectivity index (χ1n) is 9.19. The fourth-order valence-corrected chi connectivity index (χ4v) is 2.82. The number of carbonyl (C=O) groups excluding carboxylic acids is 2. The highest BCUT2D eigenvalue weighted by atomic mass is 19.4. The molecule has 0 bridgehead atoms. The molecule has 0 aromatic heterocycles. The molecular formula is C23H19F3N2O2. The number of benzene rings is 3. The van der Waals surface area contributed by atoms with Crippen LogP contribution >= 0.6 is 0 Å². The molecule has 0 unspecified atom stereocenters. The molecule has 0 spiro atoms. The molecule has 0 saturated heterocycles. The topological polar surface area (TPSA) is 58.2 Å². The lowest BCUT2D eigenvalue weighted by Crippen LogP contribution is -2.33. The van der Waals surface area contributed by atoms with Crippen molar-refractivity contribution >= 4 is 17.5 Å². The molecule has 3 aromatic rings. The van der Waals surface area contributed by atoms with Gasteiger partial charge in [0.2, 0.25) is 5.91 Å². The van der Waals surface area contributed by atoms with Gasteiger partial charge in [0, 0.05) is 11.3 Å². The van der Waals surface area contributed by atoms with Crippen molar-refractivity contribution in [3.8, 4) is 11.1 Å². The first-order valence-corrected chi connectivity index (χ1v) is 9.19. The zero-order valence-corrected chi connectivity index (χ0v) is 15.9. The maximum atomic E-state index is 12.3. The fourth-order valence-electron chi connectivity index (χ4n) is 2.82. The van der Waals surface area contributed by atoms with Gasteiger partial charge in [-0.1, -0.05) is 54.6 Å². The van der Waals surface area contributed by atoms with Gasteiger partial charge in [-0.25, -0.2) is 0 Å². The molecule has 2 N–H and O–H groups in total. The van der Waals surface area contributed by atoms with E-state index >= 15 is 0 Å². The van der Waals surface area contributed by atoms with Gasteiger partial charge in [0.25, 0.3) is 5.91 Å². The van der Waals surface area contributed by atoms with Gasteiger partial charge >= 0.3 is 6.18 Å². The Labute approximate surface area is 171 Å². The highest BCUT2D eigenvalue weighted by Crippen LogP contribution is 2.20. The Bertz CT molecular complexity index is 999. The molecule has 3 aromatic carbocycles. The molecule has 0 radical (unpaired) electrons. The molecule has 0 aliphatic carbocycles. The van der Waals surface area contributed by atoms with Gasteiger partial charge in [0.15, 0.2) is 0 Å². The zero-order chi connectivity index (χ0) is 21.6. The second kappa shape index (κ2) is 9.26. The zero-order valence-electron chi connectivity index (χ0n) is 15.9. The summed E-state index contributed by atoms with van der Waals surface area (Å²) in [6.45, 7) is -1.40. The van der Waals surface area contributed by atoms with Crippen molar-refractivity contribution < 1.29 is 22.8 Å². The summed E-state index contributed by atoms with van der Waals surface area (Å²) >= 11 is 0. The number of halogens is 3. The molecule has 30 heavy (non-hydrogen) atoms. The Kier molecular flexibility index (Phi) is 6.51. The minimum atomic E-state index is -4.47. The maximum absolute atomic E-state index is 12.3. The van der Waals surface area contributed by atoms with Gasteiger partial charge in [0.1, 0.15) is 6.54 Å². The van der Waals surface area contributed by atoms with Gasteiger partial charge in [-0.15, -0.1) is 0 Å². The summed E-state index contributed by atoms with van der Waals surface area (Å²) in [5, 5.41) is 4.51. The van der Waals surface area contributed by atoms with Crippen molar-refractivity contribution in [3.63, 3.8) is 0 Å². The summed E-state index contributed by atoms with van der Waals surface area (Å²) < 4.78 is 36.5. The van der Waals surface area contributed by atoms with Crippen LogP contribution in [0, 0.1) is 0 Å². The number of amides is 2. The Morgan fingerprint density at radius 1 is 0.767 bits per heavy atom. The SMILES string of the molecule is O=C(Cc1ccc(-c2ccccc2)cc1)Nc1ccc(C(=O)NCC(F)(F)F)cc1. The summed E-state index contributed by atoms with van der Waals surface area (Å²) in [6.07, 6.45) is -4.30. The third-order valence-corrected chi connectivity index (χ3v) is 4.31. The number of anilines is 1. The summed E-state index contributed by atoms with van der Waals surface area (Å²) in [4.78, 5) is 24.0. The largest absolute Gasteiger partial charge is 0.405 e. The number of hydrogen-bond donors (Lipinski definition) is 2. The van der Waals surface area contributed by atoms with Gasteiger partial charge in [-0.05, 0) is 41.0 Å². The van der Waals surface area contributed by atoms with E-state index in [9.17, 15) is 22.8 Å². The number of hydrogen-bond acceptors (Lipinski definition) is 2. The van der Waals surface area contributed by atoms with E-state index in [1.807, 2.05) is 54.6 Å². The summed E-state index contributed by atoms with van der Waals surface area (Å²) in [5.41, 5.74) is 3.52. The lowest BCUT2D eigenvalue weighted by molar-refractivity contribution is -0.123. The summed E-state index contributed by atoms with van der Waals surface area (Å²) in [7, 11) is 0. The van der Waals surface area contributed by atoms with E-state index in [-0.39, 0.29) is 17.9 Å². The lowest BCUT2D eigenvalue weighted by Gasteiger charge is -2.09. The molecule has 3 rings (SSSR count). The van der Waals surface area contributed by atoms with Crippen LogP contribution in [0.3, 0.4) is 0 Å². The van der Waals surface area contributed by atoms with E-state index in [1.54, 1.807) is 5.32 Å². The molecule has 0 aliphatic heterocycles.